The average Bonchev–Trinajstić information content (AvgIpc) is 2.53. The lowest BCUT2D eigenvalue weighted by molar-refractivity contribution is -0.111. The molecule has 1 aromatic carbocycles. The smallest absolute Gasteiger partial charge is 0.259 e. The van der Waals surface area contributed by atoms with Crippen LogP contribution in [0.25, 0.3) is 5.57 Å². The lowest BCUT2D eigenvalue weighted by atomic mass is 10.1. The fourth-order valence-corrected chi connectivity index (χ4v) is 2.48. The molecule has 0 spiro atoms. The number of thiocarbonyl (C=S) groups is 1. The molecule has 1 saturated heterocycles. The number of nitrogens with zero attached hydrogens (tertiary/aromatic N) is 2. The summed E-state index contributed by atoms with van der Waals surface area (Å²) in [5.74, 6) is -0.607. The van der Waals surface area contributed by atoms with E-state index in [0.717, 1.165) is 30.4 Å². The second kappa shape index (κ2) is 8.03. The molecule has 7 heteroatoms. The van der Waals surface area contributed by atoms with Crippen LogP contribution in [-0.4, -0.2) is 48.3 Å². The minimum absolute atomic E-state index is 0.607. The van der Waals surface area contributed by atoms with Crippen LogP contribution in [0.1, 0.15) is 5.56 Å². The lowest BCUT2D eigenvalue weighted by Gasteiger charge is -2.30. The summed E-state index contributed by atoms with van der Waals surface area (Å²) in [4.78, 5) is 17.5. The third-order valence-electron chi connectivity index (χ3n) is 3.09. The maximum atomic E-state index is 10.8. The van der Waals surface area contributed by atoms with E-state index in [1.807, 2.05) is 12.1 Å². The van der Waals surface area contributed by atoms with Crippen molar-refractivity contribution in [3.63, 3.8) is 0 Å². The predicted molar refractivity (Wildman–Crippen MR) is 92.1 cm³/mol. The monoisotopic (exact) mass is 337 g/mol. The summed E-state index contributed by atoms with van der Waals surface area (Å²) >= 11 is 11.5. The highest BCUT2D eigenvalue weighted by Crippen LogP contribution is 2.21. The van der Waals surface area contributed by atoms with Gasteiger partial charge in [0.1, 0.15) is 4.99 Å². The maximum Gasteiger partial charge on any atom is 0.259 e. The van der Waals surface area contributed by atoms with Crippen LogP contribution in [0.4, 0.5) is 0 Å². The molecular weight excluding hydrogens is 322 g/mol. The van der Waals surface area contributed by atoms with E-state index in [4.69, 9.17) is 34.3 Å². The van der Waals surface area contributed by atoms with E-state index < -0.39 is 5.91 Å². The van der Waals surface area contributed by atoms with Gasteiger partial charge < -0.3 is 15.4 Å². The molecule has 0 bridgehead atoms. The molecule has 2 N–H and O–H groups in total. The van der Waals surface area contributed by atoms with Crippen molar-refractivity contribution < 1.29 is 9.53 Å². The van der Waals surface area contributed by atoms with Gasteiger partial charge in [-0.2, -0.15) is 0 Å². The van der Waals surface area contributed by atoms with Crippen molar-refractivity contribution in [2.45, 2.75) is 0 Å². The van der Waals surface area contributed by atoms with Crippen LogP contribution in [0, 0.1) is 0 Å². The molecule has 22 heavy (non-hydrogen) atoms. The van der Waals surface area contributed by atoms with Gasteiger partial charge in [-0.1, -0.05) is 36.0 Å². The first-order chi connectivity index (χ1) is 10.6. The summed E-state index contributed by atoms with van der Waals surface area (Å²) in [5.41, 5.74) is 6.68. The van der Waals surface area contributed by atoms with Gasteiger partial charge in [-0.15, -0.1) is 0 Å². The Balaban J connectivity index is 2.29. The molecule has 116 valence electrons. The number of amides is 1. The topological polar surface area (TPSA) is 67.9 Å². The second-order valence-corrected chi connectivity index (χ2v) is 5.46. The van der Waals surface area contributed by atoms with Gasteiger partial charge in [0.25, 0.3) is 5.91 Å². The summed E-state index contributed by atoms with van der Waals surface area (Å²) in [6.07, 6.45) is 2.60. The number of aliphatic imine (C=N–C) groups is 1. The zero-order valence-electron chi connectivity index (χ0n) is 11.9. The summed E-state index contributed by atoms with van der Waals surface area (Å²) < 4.78 is 5.33. The van der Waals surface area contributed by atoms with Crippen LogP contribution < -0.4 is 5.73 Å². The molecule has 0 aromatic heterocycles. The van der Waals surface area contributed by atoms with Gasteiger partial charge in [-0.05, 0) is 17.7 Å². The van der Waals surface area contributed by atoms with E-state index in [2.05, 4.69) is 9.89 Å². The Kier molecular flexibility index (Phi) is 6.06. The van der Waals surface area contributed by atoms with Crippen molar-refractivity contribution in [3.8, 4) is 0 Å². The van der Waals surface area contributed by atoms with Crippen molar-refractivity contribution in [3.05, 3.63) is 41.1 Å². The minimum atomic E-state index is -0.607. The number of morpholine rings is 1. The van der Waals surface area contributed by atoms with Crippen LogP contribution in [-0.2, 0) is 9.53 Å². The largest absolute Gasteiger partial charge is 0.378 e. The molecule has 1 heterocycles. The Morgan fingerprint density at radius 2 is 1.95 bits per heavy atom. The molecule has 0 saturated carbocycles. The number of hydrogen-bond donors (Lipinski definition) is 1. The molecule has 1 fully saturated rings. The summed E-state index contributed by atoms with van der Waals surface area (Å²) in [6, 6.07) is 7.29. The van der Waals surface area contributed by atoms with Gasteiger partial charge in [-0.25, -0.2) is 0 Å². The minimum Gasteiger partial charge on any atom is -0.378 e. The highest BCUT2D eigenvalue weighted by Gasteiger charge is 2.18. The Labute approximate surface area is 139 Å². The molecule has 1 aliphatic rings. The summed E-state index contributed by atoms with van der Waals surface area (Å²) in [7, 11) is 0. The number of halogens is 1. The maximum absolute atomic E-state index is 10.8. The Morgan fingerprint density at radius 1 is 1.32 bits per heavy atom. The van der Waals surface area contributed by atoms with E-state index in [1.54, 1.807) is 18.3 Å². The number of benzene rings is 1. The van der Waals surface area contributed by atoms with Crippen LogP contribution in [0.15, 0.2) is 35.5 Å². The average molecular weight is 338 g/mol. The molecule has 5 nitrogen and oxygen atoms in total. The predicted octanol–water partition coefficient (Wildman–Crippen LogP) is 1.90. The number of carbonyl (C=O) groups is 1. The van der Waals surface area contributed by atoms with E-state index >= 15 is 0 Å². The van der Waals surface area contributed by atoms with Crippen LogP contribution in [0.2, 0.25) is 5.02 Å². The van der Waals surface area contributed by atoms with Crippen molar-refractivity contribution >= 4 is 46.5 Å². The van der Waals surface area contributed by atoms with Crippen molar-refractivity contribution in [1.29, 1.82) is 0 Å². The number of carbonyl (C=O) groups excluding carboxylic acids is 1. The van der Waals surface area contributed by atoms with Gasteiger partial charge >= 0.3 is 0 Å². The number of primary amides is 1. The molecule has 0 atom stereocenters. The molecule has 0 unspecified atom stereocenters. The van der Waals surface area contributed by atoms with Gasteiger partial charge in [0.2, 0.25) is 0 Å². The quantitative estimate of drug-likeness (QED) is 0.517. The fourth-order valence-electron chi connectivity index (χ4n) is 2.00. The van der Waals surface area contributed by atoms with Crippen LogP contribution >= 0.6 is 23.8 Å². The van der Waals surface area contributed by atoms with Gasteiger partial charge in [-0.3, -0.25) is 9.79 Å². The molecule has 0 aliphatic carbocycles. The Morgan fingerprint density at radius 3 is 2.55 bits per heavy atom. The third kappa shape index (κ3) is 4.62. The molecule has 1 aliphatic heterocycles. The van der Waals surface area contributed by atoms with Crippen LogP contribution in [0.3, 0.4) is 0 Å². The third-order valence-corrected chi connectivity index (χ3v) is 3.82. The highest BCUT2D eigenvalue weighted by molar-refractivity contribution is 7.81. The summed E-state index contributed by atoms with van der Waals surface area (Å²) in [5, 5.41) is 0.640. The first kappa shape index (κ1) is 16.6. The van der Waals surface area contributed by atoms with Crippen molar-refractivity contribution in [2.24, 2.45) is 10.7 Å². The Hall–Kier alpha value is -1.76. The Bertz CT molecular complexity index is 608. The SMILES string of the molecule is NC(=O)C=N/C=C(\C(=S)N1CCOCC1)c1ccc(Cl)cc1. The van der Waals surface area contributed by atoms with Gasteiger partial charge in [0.15, 0.2) is 0 Å². The van der Waals surface area contributed by atoms with E-state index in [9.17, 15) is 4.79 Å². The number of hydrogen-bond acceptors (Lipinski definition) is 4. The molecular formula is C15H16ClN3O2S. The van der Waals surface area contributed by atoms with E-state index in [1.165, 1.54) is 0 Å². The summed E-state index contributed by atoms with van der Waals surface area (Å²) in [6.45, 7) is 2.73. The first-order valence-electron chi connectivity index (χ1n) is 6.73. The van der Waals surface area contributed by atoms with E-state index in [0.29, 0.717) is 23.2 Å². The highest BCUT2D eigenvalue weighted by atomic mass is 35.5. The van der Waals surface area contributed by atoms with Gasteiger partial charge in [0, 0.05) is 29.9 Å². The molecule has 1 amide bonds. The molecule has 1 aromatic rings. The lowest BCUT2D eigenvalue weighted by Crippen LogP contribution is -2.40. The standard InChI is InChI=1S/C15H16ClN3O2S/c16-12-3-1-11(2-4-12)13(9-18-10-14(17)20)15(22)19-5-7-21-8-6-19/h1-4,9-10H,5-8H2,(H2,17,20)/b13-9-,18-10?. The molecule has 0 radical (unpaired) electrons. The van der Waals surface area contributed by atoms with Gasteiger partial charge in [0.05, 0.1) is 19.4 Å². The fraction of sp³-hybridized carbons (Fsp3) is 0.267. The number of nitrogens with two attached hydrogens (primary N) is 1. The van der Waals surface area contributed by atoms with E-state index in [-0.39, 0.29) is 0 Å². The zero-order valence-corrected chi connectivity index (χ0v) is 13.4. The first-order valence-corrected chi connectivity index (χ1v) is 7.52. The van der Waals surface area contributed by atoms with Crippen molar-refractivity contribution in [2.75, 3.05) is 26.3 Å². The zero-order chi connectivity index (χ0) is 15.9. The van der Waals surface area contributed by atoms with Crippen molar-refractivity contribution in [1.82, 2.24) is 4.90 Å². The second-order valence-electron chi connectivity index (χ2n) is 4.63. The van der Waals surface area contributed by atoms with Crippen LogP contribution in [0.5, 0.6) is 0 Å². The normalized spacial score (nSPS) is 16.0. The number of rotatable bonds is 4. The molecule has 2 rings (SSSR count). The number of ether oxygens (including phenoxy) is 1.